The van der Waals surface area contributed by atoms with Crippen LogP contribution < -0.4 is 11.1 Å². The summed E-state index contributed by atoms with van der Waals surface area (Å²) in [6.07, 6.45) is 3.25. The van der Waals surface area contributed by atoms with Crippen LogP contribution in [0.25, 0.3) is 5.69 Å². The highest BCUT2D eigenvalue weighted by molar-refractivity contribution is 5.93. The van der Waals surface area contributed by atoms with Crippen LogP contribution in [-0.2, 0) is 0 Å². The molecule has 94 valence electrons. The first-order chi connectivity index (χ1) is 8.70. The SMILES string of the molecule is C[C@H](CN)NC(=O)c1cnn(-c2ccccc2)c1. The Morgan fingerprint density at radius 2 is 2.17 bits per heavy atom. The molecule has 1 aromatic carbocycles. The number of para-hydroxylation sites is 1. The molecule has 0 aliphatic heterocycles. The van der Waals surface area contributed by atoms with Gasteiger partial charge in [-0.25, -0.2) is 4.68 Å². The molecule has 18 heavy (non-hydrogen) atoms. The van der Waals surface area contributed by atoms with Crippen molar-refractivity contribution in [3.05, 3.63) is 48.3 Å². The summed E-state index contributed by atoms with van der Waals surface area (Å²) in [5.41, 5.74) is 6.91. The number of nitrogens with zero attached hydrogens (tertiary/aromatic N) is 2. The predicted molar refractivity (Wildman–Crippen MR) is 69.5 cm³/mol. The number of hydrogen-bond acceptors (Lipinski definition) is 3. The molecule has 1 atom stereocenters. The highest BCUT2D eigenvalue weighted by atomic mass is 16.1. The van der Waals surface area contributed by atoms with Crippen molar-refractivity contribution in [2.24, 2.45) is 5.73 Å². The fraction of sp³-hybridized carbons (Fsp3) is 0.231. The summed E-state index contributed by atoms with van der Waals surface area (Å²) in [6, 6.07) is 9.59. The second kappa shape index (κ2) is 5.46. The smallest absolute Gasteiger partial charge is 0.254 e. The Labute approximate surface area is 106 Å². The minimum absolute atomic E-state index is 0.0439. The van der Waals surface area contributed by atoms with E-state index in [-0.39, 0.29) is 11.9 Å². The van der Waals surface area contributed by atoms with Gasteiger partial charge in [-0.2, -0.15) is 5.10 Å². The van der Waals surface area contributed by atoms with Gasteiger partial charge in [0, 0.05) is 18.8 Å². The van der Waals surface area contributed by atoms with Crippen molar-refractivity contribution >= 4 is 5.91 Å². The molecule has 0 aliphatic carbocycles. The van der Waals surface area contributed by atoms with Crippen molar-refractivity contribution < 1.29 is 4.79 Å². The van der Waals surface area contributed by atoms with E-state index in [0.717, 1.165) is 5.69 Å². The van der Waals surface area contributed by atoms with Crippen LogP contribution in [0.4, 0.5) is 0 Å². The van der Waals surface area contributed by atoms with E-state index >= 15 is 0 Å². The number of nitrogens with one attached hydrogen (secondary N) is 1. The molecule has 3 N–H and O–H groups in total. The van der Waals surface area contributed by atoms with Gasteiger partial charge >= 0.3 is 0 Å². The minimum atomic E-state index is -0.157. The zero-order chi connectivity index (χ0) is 13.0. The van der Waals surface area contributed by atoms with Crippen LogP contribution in [-0.4, -0.2) is 28.3 Å². The molecule has 0 saturated heterocycles. The number of carbonyl (C=O) groups excluding carboxylic acids is 1. The van der Waals surface area contributed by atoms with Crippen molar-refractivity contribution in [3.8, 4) is 5.69 Å². The molecule has 0 unspecified atom stereocenters. The van der Waals surface area contributed by atoms with E-state index in [1.165, 1.54) is 0 Å². The standard InChI is InChI=1S/C13H16N4O/c1-10(7-14)16-13(18)11-8-15-17(9-11)12-5-3-2-4-6-12/h2-6,8-10H,7,14H2,1H3,(H,16,18)/t10-/m1/s1. The molecule has 5 nitrogen and oxygen atoms in total. The first-order valence-electron chi connectivity index (χ1n) is 5.81. The van der Waals surface area contributed by atoms with Crippen LogP contribution >= 0.6 is 0 Å². The van der Waals surface area contributed by atoms with Crippen LogP contribution in [0.1, 0.15) is 17.3 Å². The lowest BCUT2D eigenvalue weighted by Gasteiger charge is -2.09. The molecule has 1 amide bonds. The molecule has 0 aliphatic rings. The monoisotopic (exact) mass is 244 g/mol. The average molecular weight is 244 g/mol. The van der Waals surface area contributed by atoms with Gasteiger partial charge in [-0.3, -0.25) is 4.79 Å². The number of rotatable bonds is 4. The largest absolute Gasteiger partial charge is 0.348 e. The van der Waals surface area contributed by atoms with Gasteiger partial charge in [0.15, 0.2) is 0 Å². The van der Waals surface area contributed by atoms with Gasteiger partial charge in [-0.15, -0.1) is 0 Å². The molecule has 0 fully saturated rings. The third kappa shape index (κ3) is 2.75. The maximum absolute atomic E-state index is 11.8. The molecule has 0 spiro atoms. The fourth-order valence-electron chi connectivity index (χ4n) is 1.53. The van der Waals surface area contributed by atoms with E-state index in [0.29, 0.717) is 12.1 Å². The number of benzene rings is 1. The van der Waals surface area contributed by atoms with Crippen LogP contribution in [0.3, 0.4) is 0 Å². The Bertz CT molecular complexity index is 521. The first kappa shape index (κ1) is 12.3. The Morgan fingerprint density at radius 3 is 2.83 bits per heavy atom. The van der Waals surface area contributed by atoms with Gasteiger partial charge in [0.05, 0.1) is 17.4 Å². The lowest BCUT2D eigenvalue weighted by molar-refractivity contribution is 0.0941. The number of carbonyl (C=O) groups is 1. The highest BCUT2D eigenvalue weighted by Gasteiger charge is 2.11. The molecule has 1 heterocycles. The zero-order valence-corrected chi connectivity index (χ0v) is 10.2. The maximum Gasteiger partial charge on any atom is 0.254 e. The number of amides is 1. The molecule has 0 radical (unpaired) electrons. The summed E-state index contributed by atoms with van der Waals surface area (Å²) in [6.45, 7) is 2.28. The lowest BCUT2D eigenvalue weighted by atomic mass is 10.3. The third-order valence-electron chi connectivity index (χ3n) is 2.60. The van der Waals surface area contributed by atoms with E-state index in [1.54, 1.807) is 17.1 Å². The Kier molecular flexibility index (Phi) is 3.74. The summed E-state index contributed by atoms with van der Waals surface area (Å²) in [5, 5.41) is 6.96. The Balaban J connectivity index is 2.13. The first-order valence-corrected chi connectivity index (χ1v) is 5.81. The molecule has 2 rings (SSSR count). The van der Waals surface area contributed by atoms with Gasteiger partial charge in [-0.1, -0.05) is 18.2 Å². The fourth-order valence-corrected chi connectivity index (χ4v) is 1.53. The topological polar surface area (TPSA) is 72.9 Å². The molecule has 0 saturated carbocycles. The second-order valence-electron chi connectivity index (χ2n) is 4.12. The Morgan fingerprint density at radius 1 is 1.44 bits per heavy atom. The number of hydrogen-bond donors (Lipinski definition) is 2. The molecule has 2 aromatic rings. The minimum Gasteiger partial charge on any atom is -0.348 e. The van der Waals surface area contributed by atoms with E-state index < -0.39 is 0 Å². The van der Waals surface area contributed by atoms with Crippen molar-refractivity contribution in [1.29, 1.82) is 0 Å². The van der Waals surface area contributed by atoms with Crippen LogP contribution in [0.5, 0.6) is 0 Å². The van der Waals surface area contributed by atoms with Crippen molar-refractivity contribution in [2.45, 2.75) is 13.0 Å². The van der Waals surface area contributed by atoms with Crippen LogP contribution in [0, 0.1) is 0 Å². The van der Waals surface area contributed by atoms with Gasteiger partial charge in [0.25, 0.3) is 5.91 Å². The normalized spacial score (nSPS) is 12.1. The molecule has 5 heteroatoms. The quantitative estimate of drug-likeness (QED) is 0.841. The third-order valence-corrected chi connectivity index (χ3v) is 2.60. The lowest BCUT2D eigenvalue weighted by Crippen LogP contribution is -2.37. The molecular formula is C13H16N4O. The molecule has 1 aromatic heterocycles. The summed E-state index contributed by atoms with van der Waals surface area (Å²) < 4.78 is 1.67. The summed E-state index contributed by atoms with van der Waals surface area (Å²) in [5.74, 6) is -0.157. The van der Waals surface area contributed by atoms with Crippen LogP contribution in [0.2, 0.25) is 0 Å². The number of nitrogens with two attached hydrogens (primary N) is 1. The van der Waals surface area contributed by atoms with Gasteiger partial charge in [0.1, 0.15) is 0 Å². The van der Waals surface area contributed by atoms with Crippen LogP contribution in [0.15, 0.2) is 42.7 Å². The van der Waals surface area contributed by atoms with Gasteiger partial charge in [-0.05, 0) is 19.1 Å². The van der Waals surface area contributed by atoms with E-state index in [2.05, 4.69) is 10.4 Å². The van der Waals surface area contributed by atoms with Crippen molar-refractivity contribution in [1.82, 2.24) is 15.1 Å². The summed E-state index contributed by atoms with van der Waals surface area (Å²) in [4.78, 5) is 11.8. The Hall–Kier alpha value is -2.14. The molecule has 0 bridgehead atoms. The zero-order valence-electron chi connectivity index (χ0n) is 10.2. The highest BCUT2D eigenvalue weighted by Crippen LogP contribution is 2.07. The van der Waals surface area contributed by atoms with Gasteiger partial charge < -0.3 is 11.1 Å². The van der Waals surface area contributed by atoms with E-state index in [4.69, 9.17) is 5.73 Å². The van der Waals surface area contributed by atoms with Gasteiger partial charge in [0.2, 0.25) is 0 Å². The maximum atomic E-state index is 11.8. The summed E-state index contributed by atoms with van der Waals surface area (Å²) >= 11 is 0. The second-order valence-corrected chi connectivity index (χ2v) is 4.12. The van der Waals surface area contributed by atoms with Crippen molar-refractivity contribution in [2.75, 3.05) is 6.54 Å². The molecular weight excluding hydrogens is 228 g/mol. The van der Waals surface area contributed by atoms with E-state index in [1.807, 2.05) is 37.3 Å². The summed E-state index contributed by atoms with van der Waals surface area (Å²) in [7, 11) is 0. The predicted octanol–water partition coefficient (Wildman–Crippen LogP) is 0.949. The van der Waals surface area contributed by atoms with Crippen molar-refractivity contribution in [3.63, 3.8) is 0 Å². The van der Waals surface area contributed by atoms with E-state index in [9.17, 15) is 4.79 Å². The average Bonchev–Trinajstić information content (AvgIpc) is 2.89. The number of aromatic nitrogens is 2.